The van der Waals surface area contributed by atoms with Crippen LogP contribution in [-0.4, -0.2) is 37.9 Å². The smallest absolute Gasteiger partial charge is 0.333 e. The summed E-state index contributed by atoms with van der Waals surface area (Å²) in [6.07, 6.45) is 1.32. The third-order valence-electron chi connectivity index (χ3n) is 4.55. The SMILES string of the molecule is O=C(CCCc1ccc2nc3cccc(O)c3nc2c1)ON1C(=O)CCC1=O. The Morgan fingerprint density at radius 3 is 2.61 bits per heavy atom. The van der Waals surface area contributed by atoms with Gasteiger partial charge in [0.2, 0.25) is 0 Å². The predicted molar refractivity (Wildman–Crippen MR) is 98.8 cm³/mol. The van der Waals surface area contributed by atoms with Gasteiger partial charge in [0.25, 0.3) is 11.8 Å². The van der Waals surface area contributed by atoms with Crippen molar-refractivity contribution in [3.8, 4) is 5.75 Å². The number of carbonyl (C=O) groups excluding carboxylic acids is 3. The number of rotatable bonds is 5. The first-order valence-electron chi connectivity index (χ1n) is 8.96. The predicted octanol–water partition coefficient (Wildman–Crippen LogP) is 2.42. The van der Waals surface area contributed by atoms with E-state index in [0.717, 1.165) is 5.56 Å². The zero-order valence-corrected chi connectivity index (χ0v) is 14.9. The number of amides is 2. The molecule has 0 unspecified atom stereocenters. The molecule has 2 aromatic carbocycles. The van der Waals surface area contributed by atoms with Gasteiger partial charge >= 0.3 is 5.97 Å². The van der Waals surface area contributed by atoms with Crippen LogP contribution in [0.3, 0.4) is 0 Å². The minimum atomic E-state index is -0.611. The Balaban J connectivity index is 1.41. The van der Waals surface area contributed by atoms with Gasteiger partial charge in [-0.25, -0.2) is 14.8 Å². The Morgan fingerprint density at radius 1 is 1.04 bits per heavy atom. The van der Waals surface area contributed by atoms with Gasteiger partial charge in [-0.05, 0) is 42.7 Å². The van der Waals surface area contributed by atoms with E-state index >= 15 is 0 Å². The van der Waals surface area contributed by atoms with Gasteiger partial charge in [-0.1, -0.05) is 12.1 Å². The zero-order valence-electron chi connectivity index (χ0n) is 14.9. The van der Waals surface area contributed by atoms with E-state index in [2.05, 4.69) is 9.97 Å². The van der Waals surface area contributed by atoms with E-state index < -0.39 is 17.8 Å². The maximum absolute atomic E-state index is 11.9. The Labute approximate surface area is 159 Å². The number of hydrogen-bond acceptors (Lipinski definition) is 7. The standard InChI is InChI=1S/C20H17N3O5/c24-16-5-2-4-14-20(16)22-15-11-12(7-8-13(15)21-14)3-1-6-19(27)28-23-17(25)9-10-18(23)26/h2,4-5,7-8,11,24H,1,3,6,9-10H2. The van der Waals surface area contributed by atoms with Crippen molar-refractivity contribution >= 4 is 39.9 Å². The molecular weight excluding hydrogens is 362 g/mol. The molecule has 28 heavy (non-hydrogen) atoms. The van der Waals surface area contributed by atoms with Crippen LogP contribution in [0.15, 0.2) is 36.4 Å². The highest BCUT2D eigenvalue weighted by Gasteiger charge is 2.32. The fourth-order valence-corrected chi connectivity index (χ4v) is 3.13. The summed E-state index contributed by atoms with van der Waals surface area (Å²) in [7, 11) is 0. The number of hydroxylamine groups is 2. The first-order valence-corrected chi connectivity index (χ1v) is 8.96. The molecule has 0 aliphatic carbocycles. The summed E-state index contributed by atoms with van der Waals surface area (Å²) in [4.78, 5) is 48.6. The lowest BCUT2D eigenvalue weighted by atomic mass is 10.1. The highest BCUT2D eigenvalue weighted by molar-refractivity contribution is 6.01. The van der Waals surface area contributed by atoms with Crippen LogP contribution in [0.5, 0.6) is 5.75 Å². The van der Waals surface area contributed by atoms with Crippen molar-refractivity contribution in [1.82, 2.24) is 15.0 Å². The van der Waals surface area contributed by atoms with Gasteiger partial charge in [-0.15, -0.1) is 5.06 Å². The van der Waals surface area contributed by atoms with E-state index in [0.29, 0.717) is 40.0 Å². The number of para-hydroxylation sites is 1. The van der Waals surface area contributed by atoms with E-state index in [1.807, 2.05) is 18.2 Å². The lowest BCUT2D eigenvalue weighted by Crippen LogP contribution is -2.31. The monoisotopic (exact) mass is 379 g/mol. The molecular formula is C20H17N3O5. The van der Waals surface area contributed by atoms with Crippen molar-refractivity contribution in [2.45, 2.75) is 32.1 Å². The molecule has 1 saturated heterocycles. The maximum Gasteiger partial charge on any atom is 0.333 e. The average Bonchev–Trinajstić information content (AvgIpc) is 2.99. The Morgan fingerprint density at radius 2 is 1.82 bits per heavy atom. The van der Waals surface area contributed by atoms with E-state index in [4.69, 9.17) is 4.84 Å². The van der Waals surface area contributed by atoms with Gasteiger partial charge in [-0.2, -0.15) is 0 Å². The molecule has 0 radical (unpaired) electrons. The fourth-order valence-electron chi connectivity index (χ4n) is 3.13. The Hall–Kier alpha value is -3.55. The van der Waals surface area contributed by atoms with E-state index in [-0.39, 0.29) is 25.0 Å². The van der Waals surface area contributed by atoms with Crippen LogP contribution in [0.4, 0.5) is 0 Å². The Kier molecular flexibility index (Phi) is 4.60. The first-order chi connectivity index (χ1) is 13.5. The Bertz CT molecular complexity index is 1100. The summed E-state index contributed by atoms with van der Waals surface area (Å²) in [5.41, 5.74) is 3.39. The molecule has 142 valence electrons. The molecule has 1 fully saturated rings. The zero-order chi connectivity index (χ0) is 19.7. The summed E-state index contributed by atoms with van der Waals surface area (Å²) < 4.78 is 0. The molecule has 1 aromatic heterocycles. The third-order valence-corrected chi connectivity index (χ3v) is 4.55. The van der Waals surface area contributed by atoms with Crippen molar-refractivity contribution < 1.29 is 24.3 Å². The van der Waals surface area contributed by atoms with Gasteiger partial charge in [0.05, 0.1) is 16.6 Å². The largest absolute Gasteiger partial charge is 0.506 e. The number of phenolic OH excluding ortho intramolecular Hbond substituents is 1. The van der Waals surface area contributed by atoms with Crippen molar-refractivity contribution in [1.29, 1.82) is 0 Å². The van der Waals surface area contributed by atoms with Crippen molar-refractivity contribution in [2.75, 3.05) is 0 Å². The number of aromatic hydroxyl groups is 1. The maximum atomic E-state index is 11.9. The minimum Gasteiger partial charge on any atom is -0.506 e. The summed E-state index contributed by atoms with van der Waals surface area (Å²) >= 11 is 0. The topological polar surface area (TPSA) is 110 Å². The molecule has 4 rings (SSSR count). The molecule has 8 heteroatoms. The highest BCUT2D eigenvalue weighted by Crippen LogP contribution is 2.24. The second kappa shape index (κ2) is 7.22. The van der Waals surface area contributed by atoms with Gasteiger partial charge in [0.1, 0.15) is 11.3 Å². The molecule has 8 nitrogen and oxygen atoms in total. The average molecular weight is 379 g/mol. The van der Waals surface area contributed by atoms with Gasteiger partial charge < -0.3 is 9.94 Å². The molecule has 1 aliphatic heterocycles. The molecule has 3 aromatic rings. The summed E-state index contributed by atoms with van der Waals surface area (Å²) in [5, 5.41) is 10.5. The minimum absolute atomic E-state index is 0.0751. The number of phenols is 1. The molecule has 2 heterocycles. The second-order valence-corrected chi connectivity index (χ2v) is 6.59. The fraction of sp³-hybridized carbons (Fsp3) is 0.250. The van der Waals surface area contributed by atoms with E-state index in [9.17, 15) is 19.5 Å². The van der Waals surface area contributed by atoms with Crippen LogP contribution in [0.25, 0.3) is 22.1 Å². The number of hydrogen-bond donors (Lipinski definition) is 1. The normalized spacial score (nSPS) is 14.2. The van der Waals surface area contributed by atoms with Crippen LogP contribution in [-0.2, 0) is 25.6 Å². The number of nitrogens with zero attached hydrogens (tertiary/aromatic N) is 3. The number of carbonyl (C=O) groups is 3. The van der Waals surface area contributed by atoms with Crippen molar-refractivity contribution in [2.24, 2.45) is 0 Å². The van der Waals surface area contributed by atoms with Crippen LogP contribution >= 0.6 is 0 Å². The van der Waals surface area contributed by atoms with E-state index in [1.165, 1.54) is 0 Å². The molecule has 2 amide bonds. The molecule has 0 spiro atoms. The molecule has 0 saturated carbocycles. The molecule has 0 atom stereocenters. The van der Waals surface area contributed by atoms with Crippen LogP contribution in [0, 0.1) is 0 Å². The lowest BCUT2D eigenvalue weighted by Gasteiger charge is -2.12. The van der Waals surface area contributed by atoms with Crippen molar-refractivity contribution in [3.05, 3.63) is 42.0 Å². The highest BCUT2D eigenvalue weighted by atomic mass is 16.7. The first kappa shape index (κ1) is 17.8. The number of aryl methyl sites for hydroxylation is 1. The molecule has 1 aliphatic rings. The van der Waals surface area contributed by atoms with Crippen molar-refractivity contribution in [3.63, 3.8) is 0 Å². The molecule has 1 N–H and O–H groups in total. The summed E-state index contributed by atoms with van der Waals surface area (Å²) in [6.45, 7) is 0. The number of aromatic nitrogens is 2. The summed E-state index contributed by atoms with van der Waals surface area (Å²) in [5.74, 6) is -1.50. The number of benzene rings is 2. The van der Waals surface area contributed by atoms with Gasteiger partial charge in [0.15, 0.2) is 0 Å². The van der Waals surface area contributed by atoms with Crippen LogP contribution in [0.2, 0.25) is 0 Å². The quantitative estimate of drug-likeness (QED) is 0.535. The van der Waals surface area contributed by atoms with Gasteiger partial charge in [-0.3, -0.25) is 9.59 Å². The number of imide groups is 1. The van der Waals surface area contributed by atoms with E-state index in [1.54, 1.807) is 18.2 Å². The summed E-state index contributed by atoms with van der Waals surface area (Å²) in [6, 6.07) is 10.7. The van der Waals surface area contributed by atoms with Crippen LogP contribution in [0.1, 0.15) is 31.2 Å². The van der Waals surface area contributed by atoms with Gasteiger partial charge in [0, 0.05) is 19.3 Å². The second-order valence-electron chi connectivity index (χ2n) is 6.59. The number of fused-ring (bicyclic) bond motifs is 2. The third kappa shape index (κ3) is 3.48. The molecule has 0 bridgehead atoms. The lowest BCUT2D eigenvalue weighted by molar-refractivity contribution is -0.197. The van der Waals surface area contributed by atoms with Crippen LogP contribution < -0.4 is 0 Å².